The maximum Gasteiger partial charge on any atom is 0.420 e. The minimum atomic E-state index is -4.68. The summed E-state index contributed by atoms with van der Waals surface area (Å²) in [5.74, 6) is -1.37. The van der Waals surface area contributed by atoms with Crippen LogP contribution in [0.4, 0.5) is 13.2 Å². The van der Waals surface area contributed by atoms with Crippen molar-refractivity contribution >= 4 is 17.9 Å². The van der Waals surface area contributed by atoms with E-state index in [4.69, 9.17) is 11.6 Å². The Labute approximate surface area is 101 Å². The van der Waals surface area contributed by atoms with E-state index in [9.17, 15) is 23.1 Å². The molecule has 6 heteroatoms. The van der Waals surface area contributed by atoms with Gasteiger partial charge in [0.2, 0.25) is 0 Å². The van der Waals surface area contributed by atoms with Gasteiger partial charge in [0.15, 0.2) is 0 Å². The SMILES string of the molecule is CC(CC=O)c1cc(Cl)c(O)c(C(F)(F)F)c1. The van der Waals surface area contributed by atoms with E-state index < -0.39 is 17.5 Å². The number of benzene rings is 1. The van der Waals surface area contributed by atoms with E-state index in [0.29, 0.717) is 6.29 Å². The molecule has 0 aliphatic carbocycles. The molecule has 0 saturated heterocycles. The second kappa shape index (κ2) is 4.96. The highest BCUT2D eigenvalue weighted by Gasteiger charge is 2.35. The number of carbonyl (C=O) groups excluding carboxylic acids is 1. The van der Waals surface area contributed by atoms with Crippen LogP contribution in [0.1, 0.15) is 30.4 Å². The van der Waals surface area contributed by atoms with Gasteiger partial charge in [-0.1, -0.05) is 18.5 Å². The minimum Gasteiger partial charge on any atom is -0.506 e. The van der Waals surface area contributed by atoms with Crippen molar-refractivity contribution in [1.29, 1.82) is 0 Å². The molecule has 0 saturated carbocycles. The molecule has 0 spiro atoms. The molecule has 0 aliphatic heterocycles. The quantitative estimate of drug-likeness (QED) is 0.846. The van der Waals surface area contributed by atoms with E-state index in [1.54, 1.807) is 6.92 Å². The summed E-state index contributed by atoms with van der Waals surface area (Å²) >= 11 is 5.53. The van der Waals surface area contributed by atoms with Crippen molar-refractivity contribution in [2.24, 2.45) is 0 Å². The van der Waals surface area contributed by atoms with Gasteiger partial charge in [-0.3, -0.25) is 0 Å². The monoisotopic (exact) mass is 266 g/mol. The molecule has 1 aromatic carbocycles. The van der Waals surface area contributed by atoms with E-state index >= 15 is 0 Å². The molecule has 1 aromatic rings. The third kappa shape index (κ3) is 3.12. The lowest BCUT2D eigenvalue weighted by Gasteiger charge is -2.15. The second-order valence-electron chi connectivity index (χ2n) is 3.70. The van der Waals surface area contributed by atoms with E-state index in [-0.39, 0.29) is 22.9 Å². The predicted molar refractivity (Wildman–Crippen MR) is 57.2 cm³/mol. The van der Waals surface area contributed by atoms with Gasteiger partial charge in [-0.25, -0.2) is 0 Å². The molecule has 1 N–H and O–H groups in total. The molecule has 0 aromatic heterocycles. The summed E-state index contributed by atoms with van der Waals surface area (Å²) < 4.78 is 37.7. The first-order valence-corrected chi connectivity index (χ1v) is 5.18. The summed E-state index contributed by atoms with van der Waals surface area (Å²) in [6.07, 6.45) is -3.96. The maximum absolute atomic E-state index is 12.6. The molecule has 0 bridgehead atoms. The number of carbonyl (C=O) groups is 1. The van der Waals surface area contributed by atoms with Gasteiger partial charge < -0.3 is 9.90 Å². The lowest BCUT2D eigenvalue weighted by molar-refractivity contribution is -0.138. The fourth-order valence-electron chi connectivity index (χ4n) is 1.40. The number of phenols is 1. The number of phenolic OH excluding ortho intramolecular Hbond substituents is 1. The molecule has 0 aliphatic rings. The number of aldehydes is 1. The van der Waals surface area contributed by atoms with Crippen molar-refractivity contribution in [2.75, 3.05) is 0 Å². The molecule has 1 unspecified atom stereocenters. The molecule has 2 nitrogen and oxygen atoms in total. The molecule has 0 amide bonds. The number of hydrogen-bond acceptors (Lipinski definition) is 2. The first-order chi connectivity index (χ1) is 7.77. The Morgan fingerprint density at radius 2 is 2.06 bits per heavy atom. The standard InChI is InChI=1S/C11H10ClF3O2/c1-6(2-3-16)7-4-8(11(13,14)15)10(17)9(12)5-7/h3-6,17H,2H2,1H3. The first kappa shape index (κ1) is 13.8. The molecular formula is C11H10ClF3O2. The number of hydrogen-bond donors (Lipinski definition) is 1. The minimum absolute atomic E-state index is 0.0956. The Hall–Kier alpha value is -1.23. The zero-order valence-electron chi connectivity index (χ0n) is 8.88. The van der Waals surface area contributed by atoms with E-state index in [1.807, 2.05) is 0 Å². The van der Waals surface area contributed by atoms with Gasteiger partial charge in [-0.15, -0.1) is 0 Å². The van der Waals surface area contributed by atoms with E-state index in [0.717, 1.165) is 6.07 Å². The molecular weight excluding hydrogens is 257 g/mol. The molecule has 17 heavy (non-hydrogen) atoms. The molecule has 0 heterocycles. The van der Waals surface area contributed by atoms with Crippen LogP contribution in [0.15, 0.2) is 12.1 Å². The first-order valence-electron chi connectivity index (χ1n) is 4.80. The Kier molecular flexibility index (Phi) is 4.03. The zero-order valence-corrected chi connectivity index (χ0v) is 9.64. The lowest BCUT2D eigenvalue weighted by Crippen LogP contribution is -2.07. The zero-order chi connectivity index (χ0) is 13.2. The van der Waals surface area contributed by atoms with Crippen LogP contribution in [0.3, 0.4) is 0 Å². The summed E-state index contributed by atoms with van der Waals surface area (Å²) in [5, 5.41) is 8.88. The fraction of sp³-hybridized carbons (Fsp3) is 0.364. The Bertz CT molecular complexity index is 429. The number of rotatable bonds is 3. The number of alkyl halides is 3. The van der Waals surface area contributed by atoms with Crippen molar-refractivity contribution in [2.45, 2.75) is 25.4 Å². The number of halogens is 4. The summed E-state index contributed by atoms with van der Waals surface area (Å²) in [6, 6.07) is 2.05. The summed E-state index contributed by atoms with van der Waals surface area (Å²) in [7, 11) is 0. The highest BCUT2D eigenvalue weighted by Crippen LogP contribution is 2.41. The molecule has 0 radical (unpaired) electrons. The van der Waals surface area contributed by atoms with Gasteiger partial charge in [0.1, 0.15) is 12.0 Å². The van der Waals surface area contributed by atoms with Crippen LogP contribution in [0.2, 0.25) is 5.02 Å². The van der Waals surface area contributed by atoms with Crippen molar-refractivity contribution in [3.05, 3.63) is 28.3 Å². The van der Waals surface area contributed by atoms with Gasteiger partial charge in [-0.05, 0) is 23.6 Å². The van der Waals surface area contributed by atoms with Crippen LogP contribution in [0.25, 0.3) is 0 Å². The molecule has 0 fully saturated rings. The van der Waals surface area contributed by atoms with Crippen molar-refractivity contribution < 1.29 is 23.1 Å². The van der Waals surface area contributed by atoms with Crippen molar-refractivity contribution in [3.63, 3.8) is 0 Å². The van der Waals surface area contributed by atoms with Gasteiger partial charge in [0.25, 0.3) is 0 Å². The third-order valence-electron chi connectivity index (χ3n) is 2.41. The highest BCUT2D eigenvalue weighted by molar-refractivity contribution is 6.32. The van der Waals surface area contributed by atoms with E-state index in [1.165, 1.54) is 6.07 Å². The largest absolute Gasteiger partial charge is 0.506 e. The summed E-state index contributed by atoms with van der Waals surface area (Å²) in [6.45, 7) is 1.61. The Morgan fingerprint density at radius 3 is 2.53 bits per heavy atom. The van der Waals surface area contributed by atoms with E-state index in [2.05, 4.69) is 0 Å². The van der Waals surface area contributed by atoms with Crippen LogP contribution in [-0.4, -0.2) is 11.4 Å². The van der Waals surface area contributed by atoms with Crippen molar-refractivity contribution in [3.8, 4) is 5.75 Å². The fourth-order valence-corrected chi connectivity index (χ4v) is 1.63. The predicted octanol–water partition coefficient (Wildman–Crippen LogP) is 3.76. The lowest BCUT2D eigenvalue weighted by atomic mass is 9.96. The van der Waals surface area contributed by atoms with Gasteiger partial charge in [-0.2, -0.15) is 13.2 Å². The Morgan fingerprint density at radius 1 is 1.47 bits per heavy atom. The third-order valence-corrected chi connectivity index (χ3v) is 2.70. The average Bonchev–Trinajstić information content (AvgIpc) is 2.20. The normalized spacial score (nSPS) is 13.5. The maximum atomic E-state index is 12.6. The highest BCUT2D eigenvalue weighted by atomic mass is 35.5. The molecule has 1 atom stereocenters. The summed E-state index contributed by atoms with van der Waals surface area (Å²) in [5.41, 5.74) is -0.912. The van der Waals surface area contributed by atoms with Crippen LogP contribution in [0.5, 0.6) is 5.75 Å². The van der Waals surface area contributed by atoms with Gasteiger partial charge >= 0.3 is 6.18 Å². The van der Waals surface area contributed by atoms with Gasteiger partial charge in [0.05, 0.1) is 10.6 Å². The molecule has 1 rings (SSSR count). The number of aromatic hydroxyl groups is 1. The van der Waals surface area contributed by atoms with Crippen LogP contribution >= 0.6 is 11.6 Å². The van der Waals surface area contributed by atoms with Crippen LogP contribution < -0.4 is 0 Å². The summed E-state index contributed by atoms with van der Waals surface area (Å²) in [4.78, 5) is 10.3. The average molecular weight is 267 g/mol. The van der Waals surface area contributed by atoms with Gasteiger partial charge in [0, 0.05) is 6.42 Å². The smallest absolute Gasteiger partial charge is 0.420 e. The Balaban J connectivity index is 3.28. The molecule has 94 valence electrons. The van der Waals surface area contributed by atoms with Crippen LogP contribution in [0, 0.1) is 0 Å². The topological polar surface area (TPSA) is 37.3 Å². The van der Waals surface area contributed by atoms with Crippen LogP contribution in [-0.2, 0) is 11.0 Å². The van der Waals surface area contributed by atoms with Crippen molar-refractivity contribution in [1.82, 2.24) is 0 Å². The second-order valence-corrected chi connectivity index (χ2v) is 4.11.